The fraction of sp³-hybridized carbons (Fsp3) is 0.625. The standard InChI is InChI=1S/C16H26N2/c1-2-13-3-5-14(6-4-13)11-18-12-15-7-9-16(17)10-8-15/h3-6,15-16,18H,2,7-12,17H2,1H3. The van der Waals surface area contributed by atoms with Crippen LogP contribution in [0.4, 0.5) is 0 Å². The SMILES string of the molecule is CCc1ccc(CNCC2CCC(N)CC2)cc1. The van der Waals surface area contributed by atoms with Gasteiger partial charge in [-0.15, -0.1) is 0 Å². The van der Waals surface area contributed by atoms with Gasteiger partial charge in [-0.05, 0) is 55.7 Å². The van der Waals surface area contributed by atoms with E-state index in [2.05, 4.69) is 36.5 Å². The molecule has 0 heterocycles. The number of aryl methyl sites for hydroxylation is 1. The van der Waals surface area contributed by atoms with E-state index < -0.39 is 0 Å². The first kappa shape index (κ1) is 13.6. The maximum absolute atomic E-state index is 5.92. The third-order valence-electron chi connectivity index (χ3n) is 4.08. The molecule has 2 nitrogen and oxygen atoms in total. The zero-order valence-electron chi connectivity index (χ0n) is 11.5. The molecule has 1 aromatic rings. The molecule has 0 saturated heterocycles. The second-order valence-electron chi connectivity index (χ2n) is 5.58. The van der Waals surface area contributed by atoms with Crippen molar-refractivity contribution in [1.82, 2.24) is 5.32 Å². The van der Waals surface area contributed by atoms with Gasteiger partial charge in [0.1, 0.15) is 0 Å². The minimum Gasteiger partial charge on any atom is -0.328 e. The van der Waals surface area contributed by atoms with Crippen LogP contribution in [0.5, 0.6) is 0 Å². The third kappa shape index (κ3) is 4.11. The lowest BCUT2D eigenvalue weighted by atomic mass is 9.86. The molecule has 1 fully saturated rings. The molecule has 0 spiro atoms. The van der Waals surface area contributed by atoms with Crippen LogP contribution in [-0.2, 0) is 13.0 Å². The molecule has 1 saturated carbocycles. The number of hydrogen-bond donors (Lipinski definition) is 2. The van der Waals surface area contributed by atoms with E-state index >= 15 is 0 Å². The normalized spacial score (nSPS) is 24.1. The van der Waals surface area contributed by atoms with Gasteiger partial charge in [0, 0.05) is 12.6 Å². The van der Waals surface area contributed by atoms with Gasteiger partial charge in [0.05, 0.1) is 0 Å². The van der Waals surface area contributed by atoms with Gasteiger partial charge in [0.25, 0.3) is 0 Å². The molecule has 18 heavy (non-hydrogen) atoms. The van der Waals surface area contributed by atoms with Crippen molar-refractivity contribution in [1.29, 1.82) is 0 Å². The summed E-state index contributed by atoms with van der Waals surface area (Å²) < 4.78 is 0. The number of hydrogen-bond acceptors (Lipinski definition) is 2. The Morgan fingerprint density at radius 1 is 1.06 bits per heavy atom. The highest BCUT2D eigenvalue weighted by Crippen LogP contribution is 2.22. The largest absolute Gasteiger partial charge is 0.328 e. The van der Waals surface area contributed by atoms with Crippen LogP contribution < -0.4 is 11.1 Å². The molecule has 1 aliphatic rings. The van der Waals surface area contributed by atoms with Crippen LogP contribution in [0.25, 0.3) is 0 Å². The first-order valence-electron chi connectivity index (χ1n) is 7.32. The molecule has 0 unspecified atom stereocenters. The lowest BCUT2D eigenvalue weighted by Crippen LogP contribution is -2.31. The van der Waals surface area contributed by atoms with Crippen molar-refractivity contribution in [2.24, 2.45) is 11.7 Å². The van der Waals surface area contributed by atoms with E-state index in [1.807, 2.05) is 0 Å². The Kier molecular flexibility index (Phi) is 5.21. The molecule has 1 aromatic carbocycles. The van der Waals surface area contributed by atoms with E-state index in [4.69, 9.17) is 5.73 Å². The molecule has 100 valence electrons. The fourth-order valence-electron chi connectivity index (χ4n) is 2.71. The number of nitrogens with one attached hydrogen (secondary N) is 1. The topological polar surface area (TPSA) is 38.0 Å². The Balaban J connectivity index is 1.68. The summed E-state index contributed by atoms with van der Waals surface area (Å²) in [5, 5.41) is 3.58. The van der Waals surface area contributed by atoms with E-state index in [0.29, 0.717) is 6.04 Å². The Morgan fingerprint density at radius 2 is 1.67 bits per heavy atom. The molecular formula is C16H26N2. The summed E-state index contributed by atoms with van der Waals surface area (Å²) in [5.74, 6) is 0.833. The number of rotatable bonds is 5. The van der Waals surface area contributed by atoms with Gasteiger partial charge >= 0.3 is 0 Å². The van der Waals surface area contributed by atoms with Gasteiger partial charge in [-0.2, -0.15) is 0 Å². The van der Waals surface area contributed by atoms with Crippen molar-refractivity contribution in [3.05, 3.63) is 35.4 Å². The van der Waals surface area contributed by atoms with Crippen LogP contribution in [0, 0.1) is 5.92 Å². The van der Waals surface area contributed by atoms with Gasteiger partial charge < -0.3 is 11.1 Å². The predicted octanol–water partition coefficient (Wildman–Crippen LogP) is 2.86. The highest BCUT2D eigenvalue weighted by atomic mass is 14.9. The molecule has 0 radical (unpaired) electrons. The fourth-order valence-corrected chi connectivity index (χ4v) is 2.71. The monoisotopic (exact) mass is 246 g/mol. The van der Waals surface area contributed by atoms with Crippen LogP contribution >= 0.6 is 0 Å². The van der Waals surface area contributed by atoms with Crippen molar-refractivity contribution in [2.45, 2.75) is 51.6 Å². The highest BCUT2D eigenvalue weighted by Gasteiger charge is 2.17. The van der Waals surface area contributed by atoms with Crippen molar-refractivity contribution in [3.63, 3.8) is 0 Å². The lowest BCUT2D eigenvalue weighted by molar-refractivity contribution is 0.314. The molecule has 0 bridgehead atoms. The van der Waals surface area contributed by atoms with Crippen molar-refractivity contribution in [3.8, 4) is 0 Å². The number of benzene rings is 1. The smallest absolute Gasteiger partial charge is 0.0205 e. The average molecular weight is 246 g/mol. The van der Waals surface area contributed by atoms with Gasteiger partial charge in [0.2, 0.25) is 0 Å². The molecule has 2 heteroatoms. The Hall–Kier alpha value is -0.860. The van der Waals surface area contributed by atoms with Crippen LogP contribution in [0.1, 0.15) is 43.7 Å². The lowest BCUT2D eigenvalue weighted by Gasteiger charge is -2.26. The van der Waals surface area contributed by atoms with Crippen molar-refractivity contribution >= 4 is 0 Å². The second-order valence-corrected chi connectivity index (χ2v) is 5.58. The molecule has 0 aliphatic heterocycles. The van der Waals surface area contributed by atoms with E-state index in [0.717, 1.165) is 25.4 Å². The predicted molar refractivity (Wildman–Crippen MR) is 77.5 cm³/mol. The van der Waals surface area contributed by atoms with Crippen LogP contribution in [0.3, 0.4) is 0 Å². The zero-order valence-corrected chi connectivity index (χ0v) is 11.5. The summed E-state index contributed by atoms with van der Waals surface area (Å²) in [6.45, 7) is 4.33. The van der Waals surface area contributed by atoms with Gasteiger partial charge in [-0.3, -0.25) is 0 Å². The summed E-state index contributed by atoms with van der Waals surface area (Å²) in [5.41, 5.74) is 8.73. The quantitative estimate of drug-likeness (QED) is 0.838. The summed E-state index contributed by atoms with van der Waals surface area (Å²) in [7, 11) is 0. The van der Waals surface area contributed by atoms with Gasteiger partial charge in [-0.25, -0.2) is 0 Å². The summed E-state index contributed by atoms with van der Waals surface area (Å²) >= 11 is 0. The molecule has 1 aliphatic carbocycles. The number of nitrogens with two attached hydrogens (primary N) is 1. The molecule has 2 rings (SSSR count). The van der Waals surface area contributed by atoms with Crippen LogP contribution in [-0.4, -0.2) is 12.6 Å². The first-order valence-corrected chi connectivity index (χ1v) is 7.32. The van der Waals surface area contributed by atoms with E-state index in [1.165, 1.54) is 36.8 Å². The molecular weight excluding hydrogens is 220 g/mol. The van der Waals surface area contributed by atoms with E-state index in [9.17, 15) is 0 Å². The average Bonchev–Trinajstić information content (AvgIpc) is 2.42. The molecule has 0 amide bonds. The van der Waals surface area contributed by atoms with Gasteiger partial charge in [-0.1, -0.05) is 31.2 Å². The minimum absolute atomic E-state index is 0.461. The molecule has 0 atom stereocenters. The molecule has 3 N–H and O–H groups in total. The molecule has 0 aromatic heterocycles. The second kappa shape index (κ2) is 6.91. The maximum atomic E-state index is 5.92. The first-order chi connectivity index (χ1) is 8.78. The van der Waals surface area contributed by atoms with Crippen LogP contribution in [0.15, 0.2) is 24.3 Å². The Bertz CT molecular complexity index is 337. The summed E-state index contributed by atoms with van der Waals surface area (Å²) in [4.78, 5) is 0. The van der Waals surface area contributed by atoms with Crippen molar-refractivity contribution < 1.29 is 0 Å². The summed E-state index contributed by atoms with van der Waals surface area (Å²) in [6, 6.07) is 9.40. The maximum Gasteiger partial charge on any atom is 0.0205 e. The van der Waals surface area contributed by atoms with Gasteiger partial charge in [0.15, 0.2) is 0 Å². The Morgan fingerprint density at radius 3 is 2.28 bits per heavy atom. The minimum atomic E-state index is 0.461. The van der Waals surface area contributed by atoms with Crippen molar-refractivity contribution in [2.75, 3.05) is 6.54 Å². The van der Waals surface area contributed by atoms with E-state index in [1.54, 1.807) is 0 Å². The summed E-state index contributed by atoms with van der Waals surface area (Å²) in [6.07, 6.45) is 6.12. The van der Waals surface area contributed by atoms with Crippen LogP contribution in [0.2, 0.25) is 0 Å². The highest BCUT2D eigenvalue weighted by molar-refractivity contribution is 5.22. The Labute approximate surface area is 111 Å². The zero-order chi connectivity index (χ0) is 12.8. The van der Waals surface area contributed by atoms with E-state index in [-0.39, 0.29) is 0 Å². The third-order valence-corrected chi connectivity index (χ3v) is 4.08.